The van der Waals surface area contributed by atoms with Crippen LogP contribution in [-0.2, 0) is 0 Å². The fourth-order valence-corrected chi connectivity index (χ4v) is 3.02. The summed E-state index contributed by atoms with van der Waals surface area (Å²) in [6.07, 6.45) is 3.90. The molecule has 0 radical (unpaired) electrons. The molecular weight excluding hydrogens is 286 g/mol. The van der Waals surface area contributed by atoms with Crippen molar-refractivity contribution in [2.45, 2.75) is 19.3 Å². The molecule has 1 amide bonds. The first-order chi connectivity index (χ1) is 9.84. The third-order valence-corrected chi connectivity index (χ3v) is 4.24. The zero-order chi connectivity index (χ0) is 13.8. The normalized spacial score (nSPS) is 19.0. The number of halogens is 1. The summed E-state index contributed by atoms with van der Waals surface area (Å²) in [5, 5.41) is 3.27. The standard InChI is InChI=1S/C16H23N3O.ClH/c20-16(19-12-8-17-9-13-19)14-4-6-15(7-5-14)18-10-2-1-3-11-18;/h4-7,17H,1-3,8-13H2;1H. The number of hydrogen-bond acceptors (Lipinski definition) is 3. The van der Waals surface area contributed by atoms with Gasteiger partial charge in [0.2, 0.25) is 0 Å². The summed E-state index contributed by atoms with van der Waals surface area (Å²) in [6.45, 7) is 5.71. The molecule has 0 unspecified atom stereocenters. The summed E-state index contributed by atoms with van der Waals surface area (Å²) in [5.41, 5.74) is 2.06. The van der Waals surface area contributed by atoms with Crippen molar-refractivity contribution in [3.8, 4) is 0 Å². The first kappa shape index (κ1) is 16.1. The van der Waals surface area contributed by atoms with Crippen LogP contribution >= 0.6 is 12.4 Å². The van der Waals surface area contributed by atoms with Crippen molar-refractivity contribution in [1.82, 2.24) is 10.2 Å². The van der Waals surface area contributed by atoms with E-state index >= 15 is 0 Å². The lowest BCUT2D eigenvalue weighted by Gasteiger charge is -2.29. The van der Waals surface area contributed by atoms with Crippen LogP contribution in [0.2, 0.25) is 0 Å². The number of benzene rings is 1. The molecule has 5 heteroatoms. The molecule has 0 spiro atoms. The van der Waals surface area contributed by atoms with Gasteiger partial charge >= 0.3 is 0 Å². The number of piperidine rings is 1. The molecule has 2 heterocycles. The fraction of sp³-hybridized carbons (Fsp3) is 0.562. The second kappa shape index (κ2) is 7.66. The van der Waals surface area contributed by atoms with Gasteiger partial charge < -0.3 is 15.1 Å². The van der Waals surface area contributed by atoms with Gasteiger partial charge in [0.15, 0.2) is 0 Å². The molecule has 1 N–H and O–H groups in total. The van der Waals surface area contributed by atoms with Crippen LogP contribution in [0.15, 0.2) is 24.3 Å². The Balaban J connectivity index is 0.00000161. The Morgan fingerprint density at radius 1 is 0.905 bits per heavy atom. The molecule has 116 valence electrons. The SMILES string of the molecule is Cl.O=C(c1ccc(N2CCCCC2)cc1)N1CCNCC1. The highest BCUT2D eigenvalue weighted by atomic mass is 35.5. The van der Waals surface area contributed by atoms with Crippen LogP contribution in [0.3, 0.4) is 0 Å². The van der Waals surface area contributed by atoms with E-state index in [1.807, 2.05) is 17.0 Å². The van der Waals surface area contributed by atoms with E-state index in [1.165, 1.54) is 24.9 Å². The van der Waals surface area contributed by atoms with E-state index in [1.54, 1.807) is 0 Å². The molecule has 2 aliphatic rings. The molecule has 2 fully saturated rings. The van der Waals surface area contributed by atoms with Crippen LogP contribution in [0.4, 0.5) is 5.69 Å². The molecule has 0 saturated carbocycles. The number of rotatable bonds is 2. The lowest BCUT2D eigenvalue weighted by atomic mass is 10.1. The Bertz CT molecular complexity index is 451. The number of hydrogen-bond donors (Lipinski definition) is 1. The minimum atomic E-state index is 0. The van der Waals surface area contributed by atoms with Gasteiger partial charge in [-0.2, -0.15) is 0 Å². The van der Waals surface area contributed by atoms with E-state index in [-0.39, 0.29) is 18.3 Å². The Kier molecular flexibility index (Phi) is 5.88. The predicted octanol–water partition coefficient (Wildman–Crippen LogP) is 2.14. The van der Waals surface area contributed by atoms with Gasteiger partial charge in [-0.25, -0.2) is 0 Å². The second-order valence-electron chi connectivity index (χ2n) is 5.64. The maximum Gasteiger partial charge on any atom is 0.253 e. The topological polar surface area (TPSA) is 35.6 Å². The summed E-state index contributed by atoms with van der Waals surface area (Å²) in [7, 11) is 0. The molecule has 0 aliphatic carbocycles. The van der Waals surface area contributed by atoms with Crippen LogP contribution in [0.25, 0.3) is 0 Å². The second-order valence-corrected chi connectivity index (χ2v) is 5.64. The molecule has 1 aromatic rings. The molecule has 1 aromatic carbocycles. The Labute approximate surface area is 132 Å². The molecule has 2 saturated heterocycles. The van der Waals surface area contributed by atoms with E-state index < -0.39 is 0 Å². The van der Waals surface area contributed by atoms with Gasteiger partial charge in [0, 0.05) is 50.5 Å². The van der Waals surface area contributed by atoms with Crippen LogP contribution < -0.4 is 10.2 Å². The molecule has 0 atom stereocenters. The van der Waals surface area contributed by atoms with E-state index in [2.05, 4.69) is 22.3 Å². The molecule has 21 heavy (non-hydrogen) atoms. The maximum absolute atomic E-state index is 12.4. The lowest BCUT2D eigenvalue weighted by molar-refractivity contribution is 0.0736. The summed E-state index contributed by atoms with van der Waals surface area (Å²) in [5.74, 6) is 0.164. The van der Waals surface area contributed by atoms with E-state index in [0.717, 1.165) is 44.8 Å². The highest BCUT2D eigenvalue weighted by Crippen LogP contribution is 2.20. The van der Waals surface area contributed by atoms with Crippen molar-refractivity contribution < 1.29 is 4.79 Å². The zero-order valence-electron chi connectivity index (χ0n) is 12.4. The van der Waals surface area contributed by atoms with E-state index in [4.69, 9.17) is 0 Å². The third kappa shape index (κ3) is 3.89. The van der Waals surface area contributed by atoms with Gasteiger partial charge in [-0.1, -0.05) is 0 Å². The molecule has 0 aromatic heterocycles. The van der Waals surface area contributed by atoms with E-state index in [0.29, 0.717) is 0 Å². The number of carbonyl (C=O) groups is 1. The maximum atomic E-state index is 12.4. The minimum Gasteiger partial charge on any atom is -0.372 e. The molecular formula is C16H24ClN3O. The predicted molar refractivity (Wildman–Crippen MR) is 88.5 cm³/mol. The van der Waals surface area contributed by atoms with E-state index in [9.17, 15) is 4.79 Å². The van der Waals surface area contributed by atoms with Crippen molar-refractivity contribution in [3.63, 3.8) is 0 Å². The monoisotopic (exact) mass is 309 g/mol. The first-order valence-corrected chi connectivity index (χ1v) is 7.69. The first-order valence-electron chi connectivity index (χ1n) is 7.69. The van der Waals surface area contributed by atoms with Crippen LogP contribution in [0, 0.1) is 0 Å². The highest BCUT2D eigenvalue weighted by molar-refractivity contribution is 5.94. The average molecular weight is 310 g/mol. The van der Waals surface area contributed by atoms with Gasteiger partial charge in [-0.15, -0.1) is 12.4 Å². The van der Waals surface area contributed by atoms with Crippen molar-refractivity contribution in [3.05, 3.63) is 29.8 Å². The minimum absolute atomic E-state index is 0. The fourth-order valence-electron chi connectivity index (χ4n) is 3.02. The molecule has 2 aliphatic heterocycles. The van der Waals surface area contributed by atoms with Crippen LogP contribution in [-0.4, -0.2) is 50.1 Å². The molecule has 4 nitrogen and oxygen atoms in total. The van der Waals surface area contributed by atoms with Crippen molar-refractivity contribution in [2.75, 3.05) is 44.2 Å². The van der Waals surface area contributed by atoms with Crippen molar-refractivity contribution >= 4 is 24.0 Å². The van der Waals surface area contributed by atoms with Gasteiger partial charge in [-0.05, 0) is 43.5 Å². The van der Waals surface area contributed by atoms with Gasteiger partial charge in [0.05, 0.1) is 0 Å². The Morgan fingerprint density at radius 2 is 1.52 bits per heavy atom. The van der Waals surface area contributed by atoms with Crippen LogP contribution in [0.5, 0.6) is 0 Å². The average Bonchev–Trinajstić information content (AvgIpc) is 2.56. The van der Waals surface area contributed by atoms with Crippen molar-refractivity contribution in [1.29, 1.82) is 0 Å². The number of carbonyl (C=O) groups excluding carboxylic acids is 1. The van der Waals surface area contributed by atoms with Crippen LogP contribution in [0.1, 0.15) is 29.6 Å². The number of amides is 1. The smallest absolute Gasteiger partial charge is 0.253 e. The molecule has 0 bridgehead atoms. The lowest BCUT2D eigenvalue weighted by Crippen LogP contribution is -2.46. The van der Waals surface area contributed by atoms with Gasteiger partial charge in [0.25, 0.3) is 5.91 Å². The largest absolute Gasteiger partial charge is 0.372 e. The third-order valence-electron chi connectivity index (χ3n) is 4.24. The van der Waals surface area contributed by atoms with Crippen molar-refractivity contribution in [2.24, 2.45) is 0 Å². The summed E-state index contributed by atoms with van der Waals surface area (Å²) in [4.78, 5) is 16.7. The number of piperazine rings is 1. The number of nitrogens with one attached hydrogen (secondary N) is 1. The van der Waals surface area contributed by atoms with Gasteiger partial charge in [0.1, 0.15) is 0 Å². The summed E-state index contributed by atoms with van der Waals surface area (Å²) < 4.78 is 0. The Hall–Kier alpha value is -1.26. The van der Waals surface area contributed by atoms with Gasteiger partial charge in [-0.3, -0.25) is 4.79 Å². The number of nitrogens with zero attached hydrogens (tertiary/aromatic N) is 2. The highest BCUT2D eigenvalue weighted by Gasteiger charge is 2.18. The Morgan fingerprint density at radius 3 is 2.14 bits per heavy atom. The molecule has 3 rings (SSSR count). The number of anilines is 1. The summed E-state index contributed by atoms with van der Waals surface area (Å²) in [6, 6.07) is 8.16. The summed E-state index contributed by atoms with van der Waals surface area (Å²) >= 11 is 0. The zero-order valence-corrected chi connectivity index (χ0v) is 13.2. The quantitative estimate of drug-likeness (QED) is 0.909.